The first-order valence-electron chi connectivity index (χ1n) is 6.13. The van der Waals surface area contributed by atoms with Crippen molar-refractivity contribution in [1.29, 1.82) is 0 Å². The maximum Gasteiger partial charge on any atom is 0.157 e. The number of hydrogen-bond acceptors (Lipinski definition) is 4. The highest BCUT2D eigenvalue weighted by Crippen LogP contribution is 2.16. The van der Waals surface area contributed by atoms with Gasteiger partial charge in [-0.05, 0) is 24.8 Å². The maximum absolute atomic E-state index is 4.47. The number of fused-ring (bicyclic) bond motifs is 1. The lowest BCUT2D eigenvalue weighted by Gasteiger charge is -2.09. The van der Waals surface area contributed by atoms with Gasteiger partial charge in [-0.1, -0.05) is 6.92 Å². The predicted octanol–water partition coefficient (Wildman–Crippen LogP) is 2.12. The quantitative estimate of drug-likeness (QED) is 0.898. The molecule has 1 atom stereocenters. The molecule has 0 fully saturated rings. The van der Waals surface area contributed by atoms with Gasteiger partial charge < -0.3 is 5.32 Å². The van der Waals surface area contributed by atoms with Gasteiger partial charge in [0.05, 0.1) is 5.69 Å². The summed E-state index contributed by atoms with van der Waals surface area (Å²) in [6, 6.07) is 2.18. The lowest BCUT2D eigenvalue weighted by atomic mass is 10.2. The minimum atomic E-state index is 0.641. The van der Waals surface area contributed by atoms with Crippen LogP contribution < -0.4 is 5.32 Å². The molecule has 0 bridgehead atoms. The Kier molecular flexibility index (Phi) is 4.24. The second-order valence-corrected chi connectivity index (χ2v) is 5.88. The van der Waals surface area contributed by atoms with Crippen LogP contribution in [-0.2, 0) is 13.6 Å². The molecular weight excluding hydrogens is 244 g/mol. The highest BCUT2D eigenvalue weighted by atomic mass is 32.2. The number of aromatic nitrogens is 3. The summed E-state index contributed by atoms with van der Waals surface area (Å²) in [5.41, 5.74) is 3.21. The number of thioether (sulfide) groups is 1. The number of aryl methyl sites for hydroxylation is 2. The van der Waals surface area contributed by atoms with E-state index in [4.69, 9.17) is 0 Å². The van der Waals surface area contributed by atoms with Crippen molar-refractivity contribution in [3.8, 4) is 0 Å². The molecule has 18 heavy (non-hydrogen) atoms. The number of pyridine rings is 1. The summed E-state index contributed by atoms with van der Waals surface area (Å²) in [6.45, 7) is 6.13. The van der Waals surface area contributed by atoms with Crippen LogP contribution in [-0.4, -0.2) is 32.8 Å². The van der Waals surface area contributed by atoms with E-state index in [9.17, 15) is 0 Å². The second-order valence-electron chi connectivity index (χ2n) is 4.60. The molecule has 2 rings (SSSR count). The molecule has 0 radical (unpaired) electrons. The molecule has 2 heterocycles. The Bertz CT molecular complexity index is 535. The molecule has 0 amide bonds. The van der Waals surface area contributed by atoms with Gasteiger partial charge in [0.15, 0.2) is 5.65 Å². The van der Waals surface area contributed by atoms with Crippen LogP contribution in [0, 0.1) is 6.92 Å². The van der Waals surface area contributed by atoms with Crippen LogP contribution in [0.1, 0.15) is 18.2 Å². The summed E-state index contributed by atoms with van der Waals surface area (Å²) in [4.78, 5) is 4.47. The van der Waals surface area contributed by atoms with Crippen molar-refractivity contribution in [2.45, 2.75) is 25.6 Å². The van der Waals surface area contributed by atoms with E-state index in [2.05, 4.69) is 34.6 Å². The average molecular weight is 264 g/mol. The summed E-state index contributed by atoms with van der Waals surface area (Å²) in [5.74, 6) is 0. The summed E-state index contributed by atoms with van der Waals surface area (Å²) >= 11 is 1.88. The number of rotatable bonds is 5. The minimum Gasteiger partial charge on any atom is -0.312 e. The smallest absolute Gasteiger partial charge is 0.157 e. The molecule has 0 spiro atoms. The molecule has 1 unspecified atom stereocenters. The first-order valence-corrected chi connectivity index (χ1v) is 7.42. The van der Waals surface area contributed by atoms with E-state index in [1.54, 1.807) is 0 Å². The highest BCUT2D eigenvalue weighted by Gasteiger charge is 2.07. The second kappa shape index (κ2) is 5.71. The van der Waals surface area contributed by atoms with Crippen molar-refractivity contribution in [1.82, 2.24) is 20.1 Å². The van der Waals surface area contributed by atoms with E-state index >= 15 is 0 Å². The fourth-order valence-electron chi connectivity index (χ4n) is 1.95. The molecule has 98 valence electrons. The van der Waals surface area contributed by atoms with E-state index < -0.39 is 0 Å². The molecular formula is C13H20N4S. The first kappa shape index (κ1) is 13.4. The highest BCUT2D eigenvalue weighted by molar-refractivity contribution is 7.99. The van der Waals surface area contributed by atoms with Gasteiger partial charge in [0.2, 0.25) is 0 Å². The van der Waals surface area contributed by atoms with Crippen LogP contribution in [0.2, 0.25) is 0 Å². The van der Waals surface area contributed by atoms with Crippen LogP contribution >= 0.6 is 11.8 Å². The molecule has 5 heteroatoms. The van der Waals surface area contributed by atoms with E-state index in [-0.39, 0.29) is 0 Å². The van der Waals surface area contributed by atoms with E-state index in [0.717, 1.165) is 29.8 Å². The predicted molar refractivity (Wildman–Crippen MR) is 77.9 cm³/mol. The largest absolute Gasteiger partial charge is 0.312 e. The van der Waals surface area contributed by atoms with Crippen molar-refractivity contribution >= 4 is 22.8 Å². The number of nitrogens with zero attached hydrogens (tertiary/aromatic N) is 3. The molecule has 1 N–H and O–H groups in total. The normalized spacial score (nSPS) is 13.1. The van der Waals surface area contributed by atoms with E-state index in [0.29, 0.717) is 5.25 Å². The van der Waals surface area contributed by atoms with Gasteiger partial charge in [-0.15, -0.1) is 0 Å². The first-order chi connectivity index (χ1) is 8.61. The SMILES string of the molecule is CSC(C)CNCc1cnc2c(c1)c(C)nn2C. The van der Waals surface area contributed by atoms with Crippen LogP contribution in [0.3, 0.4) is 0 Å². The Labute approximate surface area is 112 Å². The van der Waals surface area contributed by atoms with Crippen molar-refractivity contribution in [3.63, 3.8) is 0 Å². The third-order valence-corrected chi connectivity index (χ3v) is 4.05. The maximum atomic E-state index is 4.47. The van der Waals surface area contributed by atoms with Crippen LogP contribution in [0.4, 0.5) is 0 Å². The molecule has 4 nitrogen and oxygen atoms in total. The van der Waals surface area contributed by atoms with Gasteiger partial charge in [0.25, 0.3) is 0 Å². The van der Waals surface area contributed by atoms with Gasteiger partial charge in [0.1, 0.15) is 0 Å². The van der Waals surface area contributed by atoms with Crippen molar-refractivity contribution in [3.05, 3.63) is 23.5 Å². The summed E-state index contributed by atoms with van der Waals surface area (Å²) in [6.07, 6.45) is 4.07. The number of hydrogen-bond donors (Lipinski definition) is 1. The molecule has 2 aromatic heterocycles. The fraction of sp³-hybridized carbons (Fsp3) is 0.538. The number of nitrogens with one attached hydrogen (secondary N) is 1. The molecule has 0 saturated carbocycles. The van der Waals surface area contributed by atoms with Crippen molar-refractivity contribution < 1.29 is 0 Å². The standard InChI is InChI=1S/C13H20N4S/c1-9(18-4)6-14-7-11-5-12-10(2)16-17(3)13(12)15-8-11/h5,8-9,14H,6-7H2,1-4H3. The Hall–Kier alpha value is -1.07. The fourth-order valence-corrected chi connectivity index (χ4v) is 2.24. The van der Waals surface area contributed by atoms with Crippen molar-refractivity contribution in [2.75, 3.05) is 12.8 Å². The Morgan fingerprint density at radius 2 is 2.28 bits per heavy atom. The lowest BCUT2D eigenvalue weighted by molar-refractivity contribution is 0.683. The summed E-state index contributed by atoms with van der Waals surface area (Å²) < 4.78 is 1.83. The zero-order chi connectivity index (χ0) is 13.1. The monoisotopic (exact) mass is 264 g/mol. The van der Waals surface area contributed by atoms with Gasteiger partial charge in [-0.2, -0.15) is 16.9 Å². The summed E-state index contributed by atoms with van der Waals surface area (Å²) in [5, 5.41) is 9.63. The molecule has 0 aliphatic rings. The topological polar surface area (TPSA) is 42.7 Å². The van der Waals surface area contributed by atoms with Gasteiger partial charge in [0, 0.05) is 37.0 Å². The zero-order valence-corrected chi connectivity index (χ0v) is 12.2. The molecule has 2 aromatic rings. The van der Waals surface area contributed by atoms with Crippen LogP contribution in [0.15, 0.2) is 12.3 Å². The van der Waals surface area contributed by atoms with Crippen LogP contribution in [0.5, 0.6) is 0 Å². The van der Waals surface area contributed by atoms with E-state index in [1.165, 1.54) is 5.56 Å². The van der Waals surface area contributed by atoms with Crippen LogP contribution in [0.25, 0.3) is 11.0 Å². The summed E-state index contributed by atoms with van der Waals surface area (Å²) in [7, 11) is 1.93. The van der Waals surface area contributed by atoms with Gasteiger partial charge >= 0.3 is 0 Å². The van der Waals surface area contributed by atoms with E-state index in [1.807, 2.05) is 36.6 Å². The molecule has 0 aliphatic heterocycles. The third kappa shape index (κ3) is 2.84. The Balaban J connectivity index is 2.08. The minimum absolute atomic E-state index is 0.641. The van der Waals surface area contributed by atoms with Crippen molar-refractivity contribution in [2.24, 2.45) is 7.05 Å². The third-order valence-electron chi connectivity index (χ3n) is 3.08. The molecule has 0 saturated heterocycles. The Morgan fingerprint density at radius 3 is 3.00 bits per heavy atom. The van der Waals surface area contributed by atoms with Gasteiger partial charge in [-0.3, -0.25) is 4.68 Å². The average Bonchev–Trinajstić information content (AvgIpc) is 2.64. The zero-order valence-electron chi connectivity index (χ0n) is 11.4. The molecule has 0 aliphatic carbocycles. The Morgan fingerprint density at radius 1 is 1.50 bits per heavy atom. The van der Waals surface area contributed by atoms with Gasteiger partial charge in [-0.25, -0.2) is 4.98 Å². The molecule has 0 aromatic carbocycles. The lowest BCUT2D eigenvalue weighted by Crippen LogP contribution is -2.22.